The molecule has 6 heteroatoms. The number of carboxylic acid groups (broad SMARTS) is 1. The molecule has 2 N–H and O–H groups in total. The number of imide groups is 1. The average molecular weight is 240 g/mol. The lowest BCUT2D eigenvalue weighted by atomic mass is 10.1. The summed E-state index contributed by atoms with van der Waals surface area (Å²) in [5.41, 5.74) is 0.207. The van der Waals surface area contributed by atoms with E-state index in [9.17, 15) is 14.4 Å². The van der Waals surface area contributed by atoms with Crippen LogP contribution in [-0.4, -0.2) is 46.9 Å². The minimum Gasteiger partial charge on any atom is -0.478 e. The van der Waals surface area contributed by atoms with Gasteiger partial charge in [0.25, 0.3) is 0 Å². The van der Waals surface area contributed by atoms with Gasteiger partial charge in [0.15, 0.2) is 0 Å². The van der Waals surface area contributed by atoms with Gasteiger partial charge in [0.2, 0.25) is 11.8 Å². The topological polar surface area (TPSA) is 86.7 Å². The maximum absolute atomic E-state index is 11.5. The van der Waals surface area contributed by atoms with E-state index in [4.69, 9.17) is 5.11 Å². The highest BCUT2D eigenvalue weighted by Gasteiger charge is 2.31. The second-order valence-electron chi connectivity index (χ2n) is 3.96. The zero-order chi connectivity index (χ0) is 13.0. The van der Waals surface area contributed by atoms with Crippen molar-refractivity contribution < 1.29 is 19.5 Å². The summed E-state index contributed by atoms with van der Waals surface area (Å²) < 4.78 is 0. The number of amides is 2. The molecular weight excluding hydrogens is 224 g/mol. The van der Waals surface area contributed by atoms with E-state index in [1.54, 1.807) is 4.90 Å². The van der Waals surface area contributed by atoms with Gasteiger partial charge in [0, 0.05) is 12.1 Å². The van der Waals surface area contributed by atoms with Crippen LogP contribution in [0.3, 0.4) is 0 Å². The third kappa shape index (κ3) is 3.39. The van der Waals surface area contributed by atoms with Gasteiger partial charge in [0.1, 0.15) is 0 Å². The Bertz CT molecular complexity index is 376. The molecule has 0 aromatic carbocycles. The predicted molar refractivity (Wildman–Crippen MR) is 60.2 cm³/mol. The van der Waals surface area contributed by atoms with E-state index >= 15 is 0 Å². The molecule has 0 aromatic rings. The maximum Gasteiger partial charge on any atom is 0.330 e. The molecule has 1 fully saturated rings. The number of carbonyl (C=O) groups excluding carboxylic acids is 2. The number of hydrogen-bond acceptors (Lipinski definition) is 4. The second-order valence-corrected chi connectivity index (χ2v) is 3.96. The van der Waals surface area contributed by atoms with Crippen LogP contribution < -0.4 is 5.32 Å². The molecule has 1 atom stereocenters. The lowest BCUT2D eigenvalue weighted by molar-refractivity contribution is -0.139. The Morgan fingerprint density at radius 2 is 2.24 bits per heavy atom. The van der Waals surface area contributed by atoms with E-state index in [-0.39, 0.29) is 36.5 Å². The minimum absolute atomic E-state index is 0.119. The summed E-state index contributed by atoms with van der Waals surface area (Å²) in [6, 6.07) is -0.370. The van der Waals surface area contributed by atoms with Gasteiger partial charge in [-0.05, 0) is 13.3 Å². The van der Waals surface area contributed by atoms with Crippen LogP contribution in [0.25, 0.3) is 0 Å². The summed E-state index contributed by atoms with van der Waals surface area (Å²) in [7, 11) is 0. The van der Waals surface area contributed by atoms with Gasteiger partial charge in [-0.2, -0.15) is 0 Å². The molecule has 0 saturated carbocycles. The molecule has 1 rings (SSSR count). The maximum atomic E-state index is 11.5. The van der Waals surface area contributed by atoms with Crippen LogP contribution in [-0.2, 0) is 14.4 Å². The molecule has 2 amide bonds. The Morgan fingerprint density at radius 3 is 2.76 bits per heavy atom. The van der Waals surface area contributed by atoms with Crippen molar-refractivity contribution in [1.82, 2.24) is 10.2 Å². The molecule has 0 bridgehead atoms. The molecule has 1 aliphatic rings. The molecular formula is C11H16N2O4. The van der Waals surface area contributed by atoms with Gasteiger partial charge in [-0.25, -0.2) is 4.79 Å². The number of piperazine rings is 1. The summed E-state index contributed by atoms with van der Waals surface area (Å²) in [6.07, 6.45) is 2.09. The highest BCUT2D eigenvalue weighted by Crippen LogP contribution is 2.09. The highest BCUT2D eigenvalue weighted by atomic mass is 16.4. The largest absolute Gasteiger partial charge is 0.478 e. The molecule has 1 heterocycles. The number of aliphatic carboxylic acids is 1. The Hall–Kier alpha value is -1.69. The normalized spacial score (nSPS) is 22.5. The van der Waals surface area contributed by atoms with E-state index in [2.05, 4.69) is 5.32 Å². The lowest BCUT2D eigenvalue weighted by Gasteiger charge is -2.32. The molecule has 0 spiro atoms. The summed E-state index contributed by atoms with van der Waals surface area (Å²) >= 11 is 0. The van der Waals surface area contributed by atoms with E-state index in [1.165, 1.54) is 13.0 Å². The number of nitrogens with one attached hydrogen (secondary N) is 1. The minimum atomic E-state index is -0.995. The second kappa shape index (κ2) is 5.58. The van der Waals surface area contributed by atoms with Crippen LogP contribution >= 0.6 is 0 Å². The van der Waals surface area contributed by atoms with Crippen molar-refractivity contribution in [3.05, 3.63) is 11.6 Å². The van der Waals surface area contributed by atoms with E-state index < -0.39 is 5.97 Å². The third-order valence-corrected chi connectivity index (χ3v) is 2.71. The molecule has 1 saturated heterocycles. The smallest absolute Gasteiger partial charge is 0.330 e. The fraction of sp³-hybridized carbons (Fsp3) is 0.545. The molecule has 1 unspecified atom stereocenters. The summed E-state index contributed by atoms with van der Waals surface area (Å²) in [4.78, 5) is 35.0. The molecule has 6 nitrogen and oxygen atoms in total. The standard InChI is InChI=1S/C11H16N2O4/c1-3-8-10(15)12-9(14)6-13(8)5-4-7(2)11(16)17/h4,8H,3,5-6H2,1-2H3,(H,16,17)(H,12,14,15). The first kappa shape index (κ1) is 13.4. The van der Waals surface area contributed by atoms with Crippen LogP contribution in [0.2, 0.25) is 0 Å². The van der Waals surface area contributed by atoms with E-state index in [1.807, 2.05) is 6.92 Å². The number of carboxylic acids is 1. The van der Waals surface area contributed by atoms with Crippen molar-refractivity contribution in [2.45, 2.75) is 26.3 Å². The van der Waals surface area contributed by atoms with Gasteiger partial charge >= 0.3 is 5.97 Å². The number of rotatable bonds is 4. The van der Waals surface area contributed by atoms with Crippen molar-refractivity contribution in [3.8, 4) is 0 Å². The van der Waals surface area contributed by atoms with E-state index in [0.29, 0.717) is 6.42 Å². The van der Waals surface area contributed by atoms with Crippen LogP contribution in [0.15, 0.2) is 11.6 Å². The Balaban J connectivity index is 2.73. The van der Waals surface area contributed by atoms with Crippen LogP contribution in [0.5, 0.6) is 0 Å². The Labute approximate surface area is 99.3 Å². The zero-order valence-corrected chi connectivity index (χ0v) is 9.90. The molecule has 0 radical (unpaired) electrons. The highest BCUT2D eigenvalue weighted by molar-refractivity contribution is 6.01. The first-order valence-electron chi connectivity index (χ1n) is 5.43. The van der Waals surface area contributed by atoms with Gasteiger partial charge in [0.05, 0.1) is 12.6 Å². The van der Waals surface area contributed by atoms with Gasteiger partial charge in [-0.1, -0.05) is 13.0 Å². The average Bonchev–Trinajstić information content (AvgIpc) is 2.24. The monoisotopic (exact) mass is 240 g/mol. The SMILES string of the molecule is CCC1C(=O)NC(=O)CN1CC=C(C)C(=O)O. The van der Waals surface area contributed by atoms with Crippen molar-refractivity contribution >= 4 is 17.8 Å². The first-order valence-corrected chi connectivity index (χ1v) is 5.43. The zero-order valence-electron chi connectivity index (χ0n) is 9.90. The molecule has 0 aromatic heterocycles. The molecule has 1 aliphatic heterocycles. The molecule has 17 heavy (non-hydrogen) atoms. The molecule has 94 valence electrons. The Morgan fingerprint density at radius 1 is 1.59 bits per heavy atom. The number of hydrogen-bond donors (Lipinski definition) is 2. The number of carbonyl (C=O) groups is 3. The summed E-state index contributed by atoms with van der Waals surface area (Å²) in [6.45, 7) is 3.74. The van der Waals surface area contributed by atoms with Crippen molar-refractivity contribution in [3.63, 3.8) is 0 Å². The van der Waals surface area contributed by atoms with Gasteiger partial charge in [-0.15, -0.1) is 0 Å². The van der Waals surface area contributed by atoms with Crippen molar-refractivity contribution in [2.24, 2.45) is 0 Å². The van der Waals surface area contributed by atoms with Crippen molar-refractivity contribution in [2.75, 3.05) is 13.1 Å². The van der Waals surface area contributed by atoms with Crippen molar-refractivity contribution in [1.29, 1.82) is 0 Å². The van der Waals surface area contributed by atoms with Gasteiger partial charge in [-0.3, -0.25) is 19.8 Å². The third-order valence-electron chi connectivity index (χ3n) is 2.71. The van der Waals surface area contributed by atoms with Crippen LogP contribution in [0.4, 0.5) is 0 Å². The fourth-order valence-electron chi connectivity index (χ4n) is 1.70. The van der Waals surface area contributed by atoms with Gasteiger partial charge < -0.3 is 5.11 Å². The number of nitrogens with zero attached hydrogens (tertiary/aromatic N) is 1. The summed E-state index contributed by atoms with van der Waals surface area (Å²) in [5.74, 6) is -1.66. The fourth-order valence-corrected chi connectivity index (χ4v) is 1.70. The van der Waals surface area contributed by atoms with Crippen LogP contribution in [0.1, 0.15) is 20.3 Å². The Kier molecular flexibility index (Phi) is 4.39. The van der Waals surface area contributed by atoms with E-state index in [0.717, 1.165) is 0 Å². The summed E-state index contributed by atoms with van der Waals surface area (Å²) in [5, 5.41) is 11.0. The lowest BCUT2D eigenvalue weighted by Crippen LogP contribution is -2.57. The first-order chi connectivity index (χ1) is 7.95. The predicted octanol–water partition coefficient (Wildman–Crippen LogP) is -0.246. The van der Waals surface area contributed by atoms with Crippen LogP contribution in [0, 0.1) is 0 Å². The molecule has 0 aliphatic carbocycles. The quantitative estimate of drug-likeness (QED) is 0.523.